The Kier molecular flexibility index (Phi) is 3.32. The molecule has 0 aliphatic rings. The summed E-state index contributed by atoms with van der Waals surface area (Å²) in [5, 5.41) is 0.497. The third-order valence-electron chi connectivity index (χ3n) is 1.86. The summed E-state index contributed by atoms with van der Waals surface area (Å²) in [4.78, 5) is 10.9. The van der Waals surface area contributed by atoms with Crippen molar-refractivity contribution in [1.29, 1.82) is 0 Å². The average molecular weight is 198 g/mol. The highest BCUT2D eigenvalue weighted by atomic mass is 35.5. The number of carbonyl (C=O) groups is 1. The first-order chi connectivity index (χ1) is 6.16. The number of hydrogen-bond donors (Lipinski definition) is 1. The van der Waals surface area contributed by atoms with Gasteiger partial charge in [0.15, 0.2) is 0 Å². The Bertz CT molecular complexity index is 323. The zero-order chi connectivity index (χ0) is 9.84. The van der Waals surface area contributed by atoms with Crippen LogP contribution in [0.5, 0.6) is 0 Å². The van der Waals surface area contributed by atoms with E-state index in [1.54, 1.807) is 12.1 Å². The quantitative estimate of drug-likeness (QED) is 0.795. The number of aryl methyl sites for hydroxylation is 1. The van der Waals surface area contributed by atoms with Gasteiger partial charge in [0, 0.05) is 0 Å². The first kappa shape index (κ1) is 10.1. The molecule has 1 rings (SSSR count). The van der Waals surface area contributed by atoms with Gasteiger partial charge in [0.1, 0.15) is 0 Å². The molecule has 3 heteroatoms. The van der Waals surface area contributed by atoms with Gasteiger partial charge in [-0.1, -0.05) is 37.1 Å². The van der Waals surface area contributed by atoms with E-state index in [-0.39, 0.29) is 0 Å². The number of benzene rings is 1. The van der Waals surface area contributed by atoms with Crippen LogP contribution in [0.3, 0.4) is 0 Å². The fourth-order valence-corrected chi connectivity index (χ4v) is 1.55. The van der Waals surface area contributed by atoms with Gasteiger partial charge in [-0.3, -0.25) is 4.79 Å². The third kappa shape index (κ3) is 2.22. The lowest BCUT2D eigenvalue weighted by Gasteiger charge is -2.05. The zero-order valence-corrected chi connectivity index (χ0v) is 8.27. The van der Waals surface area contributed by atoms with E-state index >= 15 is 0 Å². The van der Waals surface area contributed by atoms with Crippen LogP contribution in [0.25, 0.3) is 0 Å². The SMILES string of the molecule is CCCc1cccc(C(N)=O)c1Cl. The van der Waals surface area contributed by atoms with Crippen molar-refractivity contribution in [3.05, 3.63) is 34.3 Å². The molecule has 0 atom stereocenters. The molecule has 1 aromatic carbocycles. The molecule has 1 amide bonds. The number of carbonyl (C=O) groups excluding carboxylic acids is 1. The molecule has 0 saturated carbocycles. The van der Waals surface area contributed by atoms with E-state index in [1.165, 1.54) is 0 Å². The third-order valence-corrected chi connectivity index (χ3v) is 2.31. The molecule has 1 aromatic rings. The van der Waals surface area contributed by atoms with E-state index in [9.17, 15) is 4.79 Å². The minimum absolute atomic E-state index is 0.410. The maximum absolute atomic E-state index is 10.9. The minimum Gasteiger partial charge on any atom is -0.366 e. The second-order valence-corrected chi connectivity index (χ2v) is 3.27. The molecule has 0 radical (unpaired) electrons. The molecule has 13 heavy (non-hydrogen) atoms. The molecule has 70 valence electrons. The van der Waals surface area contributed by atoms with Gasteiger partial charge in [-0.15, -0.1) is 0 Å². The van der Waals surface area contributed by atoms with Crippen molar-refractivity contribution in [2.45, 2.75) is 19.8 Å². The van der Waals surface area contributed by atoms with Gasteiger partial charge in [0.05, 0.1) is 10.6 Å². The van der Waals surface area contributed by atoms with Crippen molar-refractivity contribution in [2.24, 2.45) is 5.73 Å². The number of primary amides is 1. The van der Waals surface area contributed by atoms with E-state index in [0.29, 0.717) is 10.6 Å². The Morgan fingerprint density at radius 2 is 2.23 bits per heavy atom. The normalized spacial score (nSPS) is 10.0. The van der Waals surface area contributed by atoms with Crippen LogP contribution in [0, 0.1) is 0 Å². The molecule has 0 unspecified atom stereocenters. The van der Waals surface area contributed by atoms with E-state index in [4.69, 9.17) is 17.3 Å². The van der Waals surface area contributed by atoms with E-state index in [1.807, 2.05) is 6.07 Å². The molecule has 0 heterocycles. The largest absolute Gasteiger partial charge is 0.366 e. The van der Waals surface area contributed by atoms with Crippen LogP contribution >= 0.6 is 11.6 Å². The van der Waals surface area contributed by atoms with Gasteiger partial charge in [0.25, 0.3) is 0 Å². The molecule has 2 N–H and O–H groups in total. The van der Waals surface area contributed by atoms with Crippen LogP contribution < -0.4 is 5.73 Å². The molecule has 0 aliphatic heterocycles. The predicted octanol–water partition coefficient (Wildman–Crippen LogP) is 2.39. The Hall–Kier alpha value is -1.02. The van der Waals surface area contributed by atoms with Gasteiger partial charge in [0.2, 0.25) is 5.91 Å². The Labute approximate surface area is 82.7 Å². The van der Waals surface area contributed by atoms with Crippen LogP contribution in [0.2, 0.25) is 5.02 Å². The van der Waals surface area contributed by atoms with E-state index in [2.05, 4.69) is 6.92 Å². The lowest BCUT2D eigenvalue weighted by molar-refractivity contribution is 0.100. The van der Waals surface area contributed by atoms with Crippen molar-refractivity contribution in [2.75, 3.05) is 0 Å². The highest BCUT2D eigenvalue weighted by molar-refractivity contribution is 6.34. The highest BCUT2D eigenvalue weighted by Gasteiger charge is 2.08. The topological polar surface area (TPSA) is 43.1 Å². The zero-order valence-electron chi connectivity index (χ0n) is 7.51. The summed E-state index contributed by atoms with van der Waals surface area (Å²) in [7, 11) is 0. The van der Waals surface area contributed by atoms with Gasteiger partial charge in [-0.05, 0) is 18.1 Å². The van der Waals surface area contributed by atoms with Crippen LogP contribution in [-0.4, -0.2) is 5.91 Å². The van der Waals surface area contributed by atoms with Crippen molar-refractivity contribution in [3.8, 4) is 0 Å². The van der Waals surface area contributed by atoms with E-state index in [0.717, 1.165) is 18.4 Å². The number of nitrogens with two attached hydrogens (primary N) is 1. The van der Waals surface area contributed by atoms with Crippen LogP contribution in [0.15, 0.2) is 18.2 Å². The second-order valence-electron chi connectivity index (χ2n) is 2.89. The summed E-state index contributed by atoms with van der Waals surface area (Å²) in [5.41, 5.74) is 6.55. The average Bonchev–Trinajstić information content (AvgIpc) is 2.08. The molecule has 0 aliphatic carbocycles. The summed E-state index contributed by atoms with van der Waals surface area (Å²) < 4.78 is 0. The molecular formula is C10H12ClNO. The summed E-state index contributed by atoms with van der Waals surface area (Å²) in [5.74, 6) is -0.469. The lowest BCUT2D eigenvalue weighted by atomic mass is 10.1. The lowest BCUT2D eigenvalue weighted by Crippen LogP contribution is -2.12. The summed E-state index contributed by atoms with van der Waals surface area (Å²) in [6.45, 7) is 2.06. The van der Waals surface area contributed by atoms with Crippen LogP contribution in [0.1, 0.15) is 29.3 Å². The van der Waals surface area contributed by atoms with Crippen molar-refractivity contribution < 1.29 is 4.79 Å². The molecule has 2 nitrogen and oxygen atoms in total. The number of halogens is 1. The smallest absolute Gasteiger partial charge is 0.250 e. The Morgan fingerprint density at radius 1 is 1.54 bits per heavy atom. The first-order valence-corrected chi connectivity index (χ1v) is 4.61. The van der Waals surface area contributed by atoms with Gasteiger partial charge in [-0.25, -0.2) is 0 Å². The molecule has 0 bridgehead atoms. The van der Waals surface area contributed by atoms with Crippen molar-refractivity contribution >= 4 is 17.5 Å². The van der Waals surface area contributed by atoms with Crippen LogP contribution in [0.4, 0.5) is 0 Å². The predicted molar refractivity (Wildman–Crippen MR) is 54.0 cm³/mol. The van der Waals surface area contributed by atoms with E-state index < -0.39 is 5.91 Å². The first-order valence-electron chi connectivity index (χ1n) is 4.24. The highest BCUT2D eigenvalue weighted by Crippen LogP contribution is 2.21. The summed E-state index contributed by atoms with van der Waals surface area (Å²) in [6, 6.07) is 5.36. The number of hydrogen-bond acceptors (Lipinski definition) is 1. The maximum atomic E-state index is 10.9. The minimum atomic E-state index is -0.469. The fraction of sp³-hybridized carbons (Fsp3) is 0.300. The maximum Gasteiger partial charge on any atom is 0.250 e. The molecule has 0 spiro atoms. The number of amides is 1. The van der Waals surface area contributed by atoms with Crippen molar-refractivity contribution in [1.82, 2.24) is 0 Å². The fourth-order valence-electron chi connectivity index (χ4n) is 1.23. The number of rotatable bonds is 3. The Balaban J connectivity index is 3.10. The second kappa shape index (κ2) is 4.28. The van der Waals surface area contributed by atoms with Gasteiger partial charge in [-0.2, -0.15) is 0 Å². The van der Waals surface area contributed by atoms with Crippen molar-refractivity contribution in [3.63, 3.8) is 0 Å². The Morgan fingerprint density at radius 3 is 2.77 bits per heavy atom. The monoisotopic (exact) mass is 197 g/mol. The standard InChI is InChI=1S/C10H12ClNO/c1-2-4-7-5-3-6-8(9(7)11)10(12)13/h3,5-6H,2,4H2,1H3,(H2,12,13). The summed E-state index contributed by atoms with van der Waals surface area (Å²) in [6.07, 6.45) is 1.88. The van der Waals surface area contributed by atoms with Gasteiger partial charge >= 0.3 is 0 Å². The molecule has 0 aromatic heterocycles. The molecular weight excluding hydrogens is 186 g/mol. The summed E-state index contributed by atoms with van der Waals surface area (Å²) >= 11 is 5.98. The molecule has 0 fully saturated rings. The van der Waals surface area contributed by atoms with Gasteiger partial charge < -0.3 is 5.73 Å². The van der Waals surface area contributed by atoms with Crippen LogP contribution in [-0.2, 0) is 6.42 Å². The molecule has 0 saturated heterocycles.